The molecule has 4 nitrogen and oxygen atoms in total. The molecule has 3 aromatic carbocycles. The summed E-state index contributed by atoms with van der Waals surface area (Å²) in [4.78, 5) is 18.4. The zero-order chi connectivity index (χ0) is 13.6. The van der Waals surface area contributed by atoms with E-state index in [1.54, 1.807) is 12.1 Å². The number of benzene rings is 3. The fourth-order valence-electron chi connectivity index (χ4n) is 2.22. The van der Waals surface area contributed by atoms with Crippen molar-refractivity contribution in [3.63, 3.8) is 0 Å². The van der Waals surface area contributed by atoms with Crippen LogP contribution in [-0.4, -0.2) is 14.9 Å². The van der Waals surface area contributed by atoms with Crippen molar-refractivity contribution < 1.29 is 19.5 Å². The highest BCUT2D eigenvalue weighted by molar-refractivity contribution is 7.60. The number of phenols is 1. The van der Waals surface area contributed by atoms with Crippen LogP contribution in [0.2, 0.25) is 0 Å². The summed E-state index contributed by atoms with van der Waals surface area (Å²) >= 11 is 0. The van der Waals surface area contributed by atoms with E-state index in [4.69, 9.17) is 0 Å². The standard InChI is InChI=1S/C14H11O4P/c15-14-12-8-10-4-2-1-3-9(10)7-11(12)5-6-13(14)19(16,17)18/h1-8,15H,(H2,16,17,18). The van der Waals surface area contributed by atoms with Gasteiger partial charge in [-0.25, -0.2) is 0 Å². The van der Waals surface area contributed by atoms with E-state index in [1.165, 1.54) is 6.07 Å². The van der Waals surface area contributed by atoms with Crippen molar-refractivity contribution in [1.29, 1.82) is 0 Å². The van der Waals surface area contributed by atoms with Gasteiger partial charge in [0.1, 0.15) is 11.1 Å². The van der Waals surface area contributed by atoms with Gasteiger partial charge in [-0.05, 0) is 34.4 Å². The molecule has 0 aromatic heterocycles. The Bertz CT molecular complexity index is 835. The van der Waals surface area contributed by atoms with E-state index in [0.717, 1.165) is 16.2 Å². The second kappa shape index (κ2) is 4.07. The molecular weight excluding hydrogens is 263 g/mol. The topological polar surface area (TPSA) is 77.8 Å². The fraction of sp³-hybridized carbons (Fsp3) is 0. The third-order valence-corrected chi connectivity index (χ3v) is 4.14. The van der Waals surface area contributed by atoms with Crippen LogP contribution >= 0.6 is 7.60 Å². The Kier molecular flexibility index (Phi) is 2.61. The molecule has 0 atom stereocenters. The summed E-state index contributed by atoms with van der Waals surface area (Å²) in [5.41, 5.74) is 0. The lowest BCUT2D eigenvalue weighted by Gasteiger charge is -2.10. The van der Waals surface area contributed by atoms with E-state index in [9.17, 15) is 19.5 Å². The highest BCUT2D eigenvalue weighted by atomic mass is 31.2. The van der Waals surface area contributed by atoms with Crippen LogP contribution < -0.4 is 5.30 Å². The summed E-state index contributed by atoms with van der Waals surface area (Å²) in [6.07, 6.45) is 0. The van der Waals surface area contributed by atoms with Crippen molar-refractivity contribution in [3.05, 3.63) is 48.5 Å². The number of hydrogen-bond acceptors (Lipinski definition) is 2. The molecule has 0 aliphatic rings. The van der Waals surface area contributed by atoms with Gasteiger partial charge in [0.05, 0.1) is 0 Å². The largest absolute Gasteiger partial charge is 0.506 e. The summed E-state index contributed by atoms with van der Waals surface area (Å²) in [6.45, 7) is 0. The van der Waals surface area contributed by atoms with Crippen LogP contribution in [0.15, 0.2) is 48.5 Å². The average molecular weight is 274 g/mol. The van der Waals surface area contributed by atoms with Gasteiger partial charge in [-0.2, -0.15) is 0 Å². The molecule has 0 saturated heterocycles. The van der Waals surface area contributed by atoms with Gasteiger partial charge in [0.25, 0.3) is 0 Å². The van der Waals surface area contributed by atoms with Crippen LogP contribution in [-0.2, 0) is 4.57 Å². The quantitative estimate of drug-likeness (QED) is 0.470. The summed E-state index contributed by atoms with van der Waals surface area (Å²) in [6, 6.07) is 14.1. The summed E-state index contributed by atoms with van der Waals surface area (Å²) < 4.78 is 11.3. The first-order valence-corrected chi connectivity index (χ1v) is 7.28. The Balaban J connectivity index is 2.43. The molecule has 0 aliphatic carbocycles. The minimum atomic E-state index is -4.47. The summed E-state index contributed by atoms with van der Waals surface area (Å²) in [5, 5.41) is 12.8. The lowest BCUT2D eigenvalue weighted by molar-refractivity contribution is 0.385. The molecule has 0 bridgehead atoms. The smallest absolute Gasteiger partial charge is 0.359 e. The van der Waals surface area contributed by atoms with Crippen molar-refractivity contribution >= 4 is 34.4 Å². The molecule has 0 heterocycles. The van der Waals surface area contributed by atoms with Crippen molar-refractivity contribution in [3.8, 4) is 5.75 Å². The molecular formula is C14H11O4P. The summed E-state index contributed by atoms with van der Waals surface area (Å²) in [5.74, 6) is -0.350. The van der Waals surface area contributed by atoms with E-state index < -0.39 is 7.60 Å². The monoisotopic (exact) mass is 274 g/mol. The van der Waals surface area contributed by atoms with Crippen LogP contribution in [0.3, 0.4) is 0 Å². The molecule has 96 valence electrons. The molecule has 0 aliphatic heterocycles. The van der Waals surface area contributed by atoms with E-state index in [1.807, 2.05) is 30.3 Å². The third kappa shape index (κ3) is 2.00. The maximum atomic E-state index is 11.3. The van der Waals surface area contributed by atoms with Gasteiger partial charge in [-0.15, -0.1) is 0 Å². The Morgan fingerprint density at radius 3 is 2.11 bits per heavy atom. The van der Waals surface area contributed by atoms with Gasteiger partial charge in [0.15, 0.2) is 0 Å². The van der Waals surface area contributed by atoms with Gasteiger partial charge in [0.2, 0.25) is 0 Å². The highest BCUT2D eigenvalue weighted by Crippen LogP contribution is 2.40. The van der Waals surface area contributed by atoms with E-state index >= 15 is 0 Å². The molecule has 3 rings (SSSR count). The molecule has 5 heteroatoms. The Morgan fingerprint density at radius 2 is 1.47 bits per heavy atom. The average Bonchev–Trinajstić information content (AvgIpc) is 2.36. The third-order valence-electron chi connectivity index (χ3n) is 3.15. The number of aromatic hydroxyl groups is 1. The Labute approximate surface area is 109 Å². The number of fused-ring (bicyclic) bond motifs is 2. The molecule has 3 aromatic rings. The minimum Gasteiger partial charge on any atom is -0.506 e. The predicted octanol–water partition coefficient (Wildman–Crippen LogP) is 2.50. The number of rotatable bonds is 1. The number of phenolic OH excluding ortho intramolecular Hbond substituents is 1. The lowest BCUT2D eigenvalue weighted by Crippen LogP contribution is -2.04. The molecule has 0 radical (unpaired) electrons. The molecule has 3 N–H and O–H groups in total. The molecule has 0 unspecified atom stereocenters. The fourth-order valence-corrected chi connectivity index (χ4v) is 2.89. The number of hydrogen-bond donors (Lipinski definition) is 3. The van der Waals surface area contributed by atoms with Crippen LogP contribution in [0.1, 0.15) is 0 Å². The van der Waals surface area contributed by atoms with E-state index in [2.05, 4.69) is 0 Å². The highest BCUT2D eigenvalue weighted by Gasteiger charge is 2.23. The van der Waals surface area contributed by atoms with Gasteiger partial charge in [0, 0.05) is 5.39 Å². The van der Waals surface area contributed by atoms with Crippen LogP contribution in [0.25, 0.3) is 21.5 Å². The molecule has 0 fully saturated rings. The Morgan fingerprint density at radius 1 is 0.842 bits per heavy atom. The van der Waals surface area contributed by atoms with Gasteiger partial charge < -0.3 is 14.9 Å². The molecule has 0 amide bonds. The van der Waals surface area contributed by atoms with Crippen molar-refractivity contribution in [1.82, 2.24) is 0 Å². The summed E-state index contributed by atoms with van der Waals surface area (Å²) in [7, 11) is -4.47. The first-order valence-electron chi connectivity index (χ1n) is 5.67. The second-order valence-corrected chi connectivity index (χ2v) is 5.97. The van der Waals surface area contributed by atoms with Crippen molar-refractivity contribution in [2.24, 2.45) is 0 Å². The Hall–Kier alpha value is -1.87. The first kappa shape index (κ1) is 12.2. The minimum absolute atomic E-state index is 0.338. The van der Waals surface area contributed by atoms with Crippen LogP contribution in [0, 0.1) is 0 Å². The van der Waals surface area contributed by atoms with E-state index in [0.29, 0.717) is 5.39 Å². The van der Waals surface area contributed by atoms with Crippen LogP contribution in [0.4, 0.5) is 0 Å². The van der Waals surface area contributed by atoms with Crippen LogP contribution in [0.5, 0.6) is 5.75 Å². The SMILES string of the molecule is O=P(O)(O)c1ccc2cc3ccccc3cc2c1O. The zero-order valence-electron chi connectivity index (χ0n) is 9.82. The first-order chi connectivity index (χ1) is 8.97. The second-order valence-electron chi connectivity index (χ2n) is 4.40. The van der Waals surface area contributed by atoms with Crippen molar-refractivity contribution in [2.45, 2.75) is 0 Å². The van der Waals surface area contributed by atoms with Gasteiger partial charge in [-0.1, -0.05) is 30.3 Å². The lowest BCUT2D eigenvalue weighted by atomic mass is 10.0. The molecule has 19 heavy (non-hydrogen) atoms. The maximum Gasteiger partial charge on any atom is 0.359 e. The van der Waals surface area contributed by atoms with Gasteiger partial charge >= 0.3 is 7.60 Å². The predicted molar refractivity (Wildman–Crippen MR) is 74.8 cm³/mol. The normalized spacial score (nSPS) is 12.1. The molecule has 0 spiro atoms. The maximum absolute atomic E-state index is 11.3. The molecule has 0 saturated carbocycles. The zero-order valence-corrected chi connectivity index (χ0v) is 10.7. The van der Waals surface area contributed by atoms with Crippen molar-refractivity contribution in [2.75, 3.05) is 0 Å². The van der Waals surface area contributed by atoms with E-state index in [-0.39, 0.29) is 11.1 Å². The van der Waals surface area contributed by atoms with Gasteiger partial charge in [-0.3, -0.25) is 4.57 Å².